The molecule has 0 aliphatic rings. The number of ether oxygens (including phenoxy) is 1. The van der Waals surface area contributed by atoms with Crippen molar-refractivity contribution in [3.8, 4) is 0 Å². The molecule has 0 aliphatic heterocycles. The van der Waals surface area contributed by atoms with Crippen molar-refractivity contribution in [2.24, 2.45) is 5.92 Å². The van der Waals surface area contributed by atoms with Gasteiger partial charge in [0.25, 0.3) is 0 Å². The summed E-state index contributed by atoms with van der Waals surface area (Å²) in [6, 6.07) is 4.64. The van der Waals surface area contributed by atoms with E-state index in [-0.39, 0.29) is 22.5 Å². The van der Waals surface area contributed by atoms with Gasteiger partial charge in [0.1, 0.15) is 4.90 Å². The number of aryl methyl sites for hydroxylation is 1. The van der Waals surface area contributed by atoms with E-state index in [0.717, 1.165) is 5.56 Å². The first-order chi connectivity index (χ1) is 9.27. The van der Waals surface area contributed by atoms with Gasteiger partial charge in [-0.2, -0.15) is 0 Å². The van der Waals surface area contributed by atoms with Crippen molar-refractivity contribution >= 4 is 15.7 Å². The molecular weight excluding hydrogens is 276 g/mol. The minimum Gasteiger partial charge on any atom is -0.398 e. The number of nitrogen functional groups attached to an aromatic ring is 1. The molecule has 0 saturated carbocycles. The first-order valence-electron chi connectivity index (χ1n) is 6.74. The Morgan fingerprint density at radius 3 is 2.50 bits per heavy atom. The van der Waals surface area contributed by atoms with Crippen LogP contribution in [0.4, 0.5) is 5.69 Å². The molecule has 0 bridgehead atoms. The molecule has 0 aliphatic carbocycles. The van der Waals surface area contributed by atoms with E-state index in [9.17, 15) is 8.42 Å². The zero-order valence-corrected chi connectivity index (χ0v) is 13.3. The Hall–Kier alpha value is -1.11. The molecule has 0 spiro atoms. The van der Waals surface area contributed by atoms with Crippen molar-refractivity contribution in [1.29, 1.82) is 0 Å². The second-order valence-electron chi connectivity index (χ2n) is 5.17. The van der Waals surface area contributed by atoms with Crippen LogP contribution in [0.25, 0.3) is 0 Å². The van der Waals surface area contributed by atoms with Crippen LogP contribution in [0.3, 0.4) is 0 Å². The number of nitrogens with two attached hydrogens (primary N) is 1. The van der Waals surface area contributed by atoms with Gasteiger partial charge in [-0.1, -0.05) is 19.9 Å². The topological polar surface area (TPSA) is 81.4 Å². The first kappa shape index (κ1) is 16.9. The van der Waals surface area contributed by atoms with E-state index in [4.69, 9.17) is 10.5 Å². The van der Waals surface area contributed by atoms with Gasteiger partial charge in [-0.3, -0.25) is 0 Å². The molecule has 5 nitrogen and oxygen atoms in total. The molecule has 1 atom stereocenters. The summed E-state index contributed by atoms with van der Waals surface area (Å²) in [6.07, 6.45) is 0. The van der Waals surface area contributed by atoms with Crippen LogP contribution in [-0.2, 0) is 14.8 Å². The molecule has 20 heavy (non-hydrogen) atoms. The van der Waals surface area contributed by atoms with E-state index >= 15 is 0 Å². The van der Waals surface area contributed by atoms with Gasteiger partial charge in [-0.15, -0.1) is 0 Å². The zero-order chi connectivity index (χ0) is 15.3. The van der Waals surface area contributed by atoms with E-state index in [1.807, 2.05) is 27.7 Å². The summed E-state index contributed by atoms with van der Waals surface area (Å²) in [5.74, 6) is 0.128. The molecule has 0 heterocycles. The van der Waals surface area contributed by atoms with Gasteiger partial charge in [-0.05, 0) is 37.5 Å². The lowest BCUT2D eigenvalue weighted by Gasteiger charge is -2.22. The van der Waals surface area contributed by atoms with Gasteiger partial charge < -0.3 is 10.5 Å². The molecule has 0 radical (unpaired) electrons. The van der Waals surface area contributed by atoms with Gasteiger partial charge in [0.15, 0.2) is 0 Å². The summed E-state index contributed by atoms with van der Waals surface area (Å²) in [5.41, 5.74) is 7.00. The lowest BCUT2D eigenvalue weighted by molar-refractivity contribution is 0.116. The Balaban J connectivity index is 2.97. The number of nitrogens with one attached hydrogen (secondary N) is 1. The van der Waals surface area contributed by atoms with Crippen LogP contribution in [0, 0.1) is 12.8 Å². The number of hydrogen-bond acceptors (Lipinski definition) is 4. The number of hydrogen-bond donors (Lipinski definition) is 2. The van der Waals surface area contributed by atoms with Crippen molar-refractivity contribution in [3.05, 3.63) is 23.8 Å². The largest absolute Gasteiger partial charge is 0.398 e. The molecule has 1 unspecified atom stereocenters. The third-order valence-corrected chi connectivity index (χ3v) is 4.63. The van der Waals surface area contributed by atoms with Crippen LogP contribution in [-0.4, -0.2) is 27.7 Å². The molecule has 6 heteroatoms. The van der Waals surface area contributed by atoms with Crippen LogP contribution >= 0.6 is 0 Å². The summed E-state index contributed by atoms with van der Waals surface area (Å²) in [4.78, 5) is 0.116. The molecule has 0 amide bonds. The Bertz CT molecular complexity index is 541. The van der Waals surface area contributed by atoms with Gasteiger partial charge in [0, 0.05) is 12.6 Å². The highest BCUT2D eigenvalue weighted by molar-refractivity contribution is 7.89. The van der Waals surface area contributed by atoms with E-state index < -0.39 is 10.0 Å². The highest BCUT2D eigenvalue weighted by atomic mass is 32.2. The lowest BCUT2D eigenvalue weighted by Crippen LogP contribution is -2.42. The summed E-state index contributed by atoms with van der Waals surface area (Å²) in [7, 11) is -3.64. The number of rotatable bonds is 7. The van der Waals surface area contributed by atoms with Crippen LogP contribution in [0.5, 0.6) is 0 Å². The van der Waals surface area contributed by atoms with Gasteiger partial charge in [0.2, 0.25) is 10.0 Å². The minimum absolute atomic E-state index is 0.116. The van der Waals surface area contributed by atoms with Crippen molar-refractivity contribution in [1.82, 2.24) is 4.72 Å². The maximum absolute atomic E-state index is 12.4. The van der Waals surface area contributed by atoms with Gasteiger partial charge in [-0.25, -0.2) is 13.1 Å². The third kappa shape index (κ3) is 4.47. The Morgan fingerprint density at radius 1 is 1.35 bits per heavy atom. The van der Waals surface area contributed by atoms with Crippen molar-refractivity contribution in [2.45, 2.75) is 38.6 Å². The first-order valence-corrected chi connectivity index (χ1v) is 8.22. The van der Waals surface area contributed by atoms with Crippen LogP contribution in [0.2, 0.25) is 0 Å². The highest BCUT2D eigenvalue weighted by Crippen LogP contribution is 2.20. The monoisotopic (exact) mass is 300 g/mol. The predicted octanol–water partition coefficient (Wildman–Crippen LogP) is 1.92. The molecule has 1 aromatic rings. The fraction of sp³-hybridized carbons (Fsp3) is 0.571. The molecule has 114 valence electrons. The summed E-state index contributed by atoms with van der Waals surface area (Å²) in [5, 5.41) is 0. The summed E-state index contributed by atoms with van der Waals surface area (Å²) in [6.45, 7) is 8.54. The number of sulfonamides is 1. The summed E-state index contributed by atoms with van der Waals surface area (Å²) >= 11 is 0. The smallest absolute Gasteiger partial charge is 0.242 e. The van der Waals surface area contributed by atoms with Crippen LogP contribution < -0.4 is 10.5 Å². The number of anilines is 1. The fourth-order valence-electron chi connectivity index (χ4n) is 1.78. The molecule has 3 N–H and O–H groups in total. The average molecular weight is 300 g/mol. The third-order valence-electron chi connectivity index (χ3n) is 3.07. The normalized spacial score (nSPS) is 13.7. The van der Waals surface area contributed by atoms with Gasteiger partial charge >= 0.3 is 0 Å². The van der Waals surface area contributed by atoms with Gasteiger partial charge in [0.05, 0.1) is 12.3 Å². The van der Waals surface area contributed by atoms with E-state index in [0.29, 0.717) is 13.2 Å². The van der Waals surface area contributed by atoms with Crippen molar-refractivity contribution < 1.29 is 13.2 Å². The van der Waals surface area contributed by atoms with Crippen molar-refractivity contribution in [2.75, 3.05) is 18.9 Å². The Kier molecular flexibility index (Phi) is 5.98. The molecular formula is C14H24N2O3S. The second-order valence-corrected chi connectivity index (χ2v) is 6.85. The second kappa shape index (κ2) is 7.06. The molecule has 0 aromatic heterocycles. The summed E-state index contributed by atoms with van der Waals surface area (Å²) < 4.78 is 32.8. The molecule has 0 saturated heterocycles. The Labute approximate surface area is 121 Å². The average Bonchev–Trinajstić information content (AvgIpc) is 2.33. The van der Waals surface area contributed by atoms with E-state index in [1.165, 1.54) is 6.07 Å². The molecule has 1 rings (SSSR count). The van der Waals surface area contributed by atoms with E-state index in [2.05, 4.69) is 4.72 Å². The molecule has 1 aromatic carbocycles. The van der Waals surface area contributed by atoms with E-state index in [1.54, 1.807) is 12.1 Å². The highest BCUT2D eigenvalue weighted by Gasteiger charge is 2.24. The quantitative estimate of drug-likeness (QED) is 0.754. The fourth-order valence-corrected chi connectivity index (χ4v) is 3.26. The van der Waals surface area contributed by atoms with Crippen LogP contribution in [0.1, 0.15) is 26.3 Å². The molecule has 0 fully saturated rings. The Morgan fingerprint density at radius 2 is 2.00 bits per heavy atom. The lowest BCUT2D eigenvalue weighted by atomic mass is 10.1. The maximum atomic E-state index is 12.4. The maximum Gasteiger partial charge on any atom is 0.242 e. The predicted molar refractivity (Wildman–Crippen MR) is 81.0 cm³/mol. The van der Waals surface area contributed by atoms with Crippen LogP contribution in [0.15, 0.2) is 23.1 Å². The zero-order valence-electron chi connectivity index (χ0n) is 12.5. The standard InChI is InChI=1S/C14H24N2O3S/c1-5-19-9-13(10(2)3)16-20(17,18)14-7-6-11(4)8-12(14)15/h6-8,10,13,16H,5,9,15H2,1-4H3. The number of benzene rings is 1. The minimum atomic E-state index is -3.64. The van der Waals surface area contributed by atoms with Crippen molar-refractivity contribution in [3.63, 3.8) is 0 Å². The SMILES string of the molecule is CCOCC(NS(=O)(=O)c1ccc(C)cc1N)C(C)C.